The van der Waals surface area contributed by atoms with Gasteiger partial charge in [-0.15, -0.1) is 0 Å². The van der Waals surface area contributed by atoms with Crippen LogP contribution in [0.4, 0.5) is 10.1 Å². The average molecular weight is 344 g/mol. The molecule has 0 aliphatic carbocycles. The number of rotatable bonds is 5. The SMILES string of the molecule is CC(=O)N(CCNC(=O)c1ccc2c(c1)OCO2)c1cccc(F)c1. The minimum atomic E-state index is -0.423. The number of hydrogen-bond donors (Lipinski definition) is 1. The number of carbonyl (C=O) groups is 2. The van der Waals surface area contributed by atoms with E-state index in [0.717, 1.165) is 0 Å². The number of hydrogen-bond acceptors (Lipinski definition) is 4. The predicted octanol–water partition coefficient (Wildman–Crippen LogP) is 2.34. The van der Waals surface area contributed by atoms with Crippen molar-refractivity contribution in [3.05, 3.63) is 53.8 Å². The molecule has 1 heterocycles. The zero-order valence-electron chi connectivity index (χ0n) is 13.6. The van der Waals surface area contributed by atoms with E-state index < -0.39 is 5.82 Å². The van der Waals surface area contributed by atoms with Gasteiger partial charge in [0.1, 0.15) is 5.82 Å². The Labute approximate surface area is 144 Å². The predicted molar refractivity (Wildman–Crippen MR) is 89.3 cm³/mol. The lowest BCUT2D eigenvalue weighted by Crippen LogP contribution is -2.37. The van der Waals surface area contributed by atoms with Crippen LogP contribution in [-0.4, -0.2) is 31.7 Å². The monoisotopic (exact) mass is 344 g/mol. The first-order chi connectivity index (χ1) is 12.0. The molecule has 2 aromatic carbocycles. The maximum atomic E-state index is 13.3. The van der Waals surface area contributed by atoms with Gasteiger partial charge in [0.25, 0.3) is 5.91 Å². The van der Waals surface area contributed by atoms with Crippen molar-refractivity contribution in [2.24, 2.45) is 0 Å². The molecule has 0 radical (unpaired) electrons. The average Bonchev–Trinajstić information content (AvgIpc) is 3.05. The van der Waals surface area contributed by atoms with Crippen LogP contribution < -0.4 is 19.7 Å². The van der Waals surface area contributed by atoms with Crippen molar-refractivity contribution in [3.8, 4) is 11.5 Å². The van der Waals surface area contributed by atoms with Crippen molar-refractivity contribution in [3.63, 3.8) is 0 Å². The van der Waals surface area contributed by atoms with Crippen LogP contribution in [-0.2, 0) is 4.79 Å². The second-order valence-electron chi connectivity index (χ2n) is 5.47. The van der Waals surface area contributed by atoms with Gasteiger partial charge in [0, 0.05) is 31.3 Å². The van der Waals surface area contributed by atoms with Gasteiger partial charge in [0.05, 0.1) is 0 Å². The van der Waals surface area contributed by atoms with Gasteiger partial charge in [0.2, 0.25) is 12.7 Å². The topological polar surface area (TPSA) is 67.9 Å². The van der Waals surface area contributed by atoms with E-state index in [2.05, 4.69) is 5.32 Å². The number of carbonyl (C=O) groups excluding carboxylic acids is 2. The number of nitrogens with one attached hydrogen (secondary N) is 1. The van der Waals surface area contributed by atoms with Crippen LogP contribution in [0.15, 0.2) is 42.5 Å². The molecule has 1 N–H and O–H groups in total. The van der Waals surface area contributed by atoms with Gasteiger partial charge in [-0.1, -0.05) is 6.07 Å². The normalized spacial score (nSPS) is 11.9. The van der Waals surface area contributed by atoms with Gasteiger partial charge in [-0.3, -0.25) is 9.59 Å². The van der Waals surface area contributed by atoms with Crippen molar-refractivity contribution >= 4 is 17.5 Å². The summed E-state index contributed by atoms with van der Waals surface area (Å²) >= 11 is 0. The molecule has 0 bridgehead atoms. The molecule has 0 unspecified atom stereocenters. The second kappa shape index (κ2) is 7.21. The Morgan fingerprint density at radius 1 is 1.16 bits per heavy atom. The lowest BCUT2D eigenvalue weighted by atomic mass is 10.2. The van der Waals surface area contributed by atoms with Crippen molar-refractivity contribution in [2.45, 2.75) is 6.92 Å². The van der Waals surface area contributed by atoms with E-state index in [0.29, 0.717) is 22.7 Å². The lowest BCUT2D eigenvalue weighted by molar-refractivity contribution is -0.116. The molecule has 2 amide bonds. The van der Waals surface area contributed by atoms with Crippen LogP contribution in [0.25, 0.3) is 0 Å². The molecular weight excluding hydrogens is 327 g/mol. The fraction of sp³-hybridized carbons (Fsp3) is 0.222. The Hall–Kier alpha value is -3.09. The number of ether oxygens (including phenoxy) is 2. The summed E-state index contributed by atoms with van der Waals surface area (Å²) in [4.78, 5) is 25.4. The van der Waals surface area contributed by atoms with E-state index in [-0.39, 0.29) is 31.7 Å². The summed E-state index contributed by atoms with van der Waals surface area (Å²) in [5.74, 6) is 0.181. The molecule has 0 spiro atoms. The highest BCUT2D eigenvalue weighted by Gasteiger charge is 2.17. The zero-order chi connectivity index (χ0) is 17.8. The Bertz CT molecular complexity index is 809. The molecule has 1 aliphatic rings. The molecule has 0 fully saturated rings. The third kappa shape index (κ3) is 3.88. The van der Waals surface area contributed by atoms with Crippen molar-refractivity contribution in [1.29, 1.82) is 0 Å². The van der Waals surface area contributed by atoms with E-state index in [9.17, 15) is 14.0 Å². The number of anilines is 1. The third-order valence-corrected chi connectivity index (χ3v) is 3.76. The number of halogens is 1. The Morgan fingerprint density at radius 3 is 2.72 bits per heavy atom. The number of benzene rings is 2. The van der Waals surface area contributed by atoms with Crippen molar-refractivity contribution in [1.82, 2.24) is 5.32 Å². The fourth-order valence-corrected chi connectivity index (χ4v) is 2.53. The highest BCUT2D eigenvalue weighted by atomic mass is 19.1. The van der Waals surface area contributed by atoms with Gasteiger partial charge in [0.15, 0.2) is 11.5 Å². The van der Waals surface area contributed by atoms with Gasteiger partial charge < -0.3 is 19.7 Å². The van der Waals surface area contributed by atoms with Crippen LogP contribution in [0.3, 0.4) is 0 Å². The molecule has 0 atom stereocenters. The summed E-state index contributed by atoms with van der Waals surface area (Å²) in [5, 5.41) is 2.74. The molecular formula is C18H17FN2O4. The standard InChI is InChI=1S/C18H17FN2O4/c1-12(22)21(15-4-2-3-14(19)10-15)8-7-20-18(23)13-5-6-16-17(9-13)25-11-24-16/h2-6,9-10H,7-8,11H2,1H3,(H,20,23). The number of amides is 2. The zero-order valence-corrected chi connectivity index (χ0v) is 13.6. The molecule has 0 aromatic heterocycles. The first-order valence-corrected chi connectivity index (χ1v) is 7.76. The van der Waals surface area contributed by atoms with Crippen LogP contribution in [0.2, 0.25) is 0 Å². The summed E-state index contributed by atoms with van der Waals surface area (Å²) in [5.41, 5.74) is 0.884. The Morgan fingerprint density at radius 2 is 1.96 bits per heavy atom. The molecule has 25 heavy (non-hydrogen) atoms. The second-order valence-corrected chi connectivity index (χ2v) is 5.47. The Kier molecular flexibility index (Phi) is 4.83. The molecule has 2 aromatic rings. The van der Waals surface area contributed by atoms with Gasteiger partial charge in [-0.05, 0) is 36.4 Å². The van der Waals surface area contributed by atoms with Crippen LogP contribution in [0.5, 0.6) is 11.5 Å². The first-order valence-electron chi connectivity index (χ1n) is 7.76. The maximum absolute atomic E-state index is 13.3. The van der Waals surface area contributed by atoms with Gasteiger partial charge in [-0.2, -0.15) is 0 Å². The minimum Gasteiger partial charge on any atom is -0.454 e. The quantitative estimate of drug-likeness (QED) is 0.904. The van der Waals surface area contributed by atoms with Crippen molar-refractivity contribution in [2.75, 3.05) is 24.8 Å². The van der Waals surface area contributed by atoms with Crippen LogP contribution >= 0.6 is 0 Å². The maximum Gasteiger partial charge on any atom is 0.251 e. The molecule has 0 saturated heterocycles. The molecule has 7 heteroatoms. The van der Waals surface area contributed by atoms with E-state index >= 15 is 0 Å². The molecule has 0 saturated carbocycles. The lowest BCUT2D eigenvalue weighted by Gasteiger charge is -2.21. The summed E-state index contributed by atoms with van der Waals surface area (Å²) < 4.78 is 23.8. The van der Waals surface area contributed by atoms with Gasteiger partial charge in [-0.25, -0.2) is 4.39 Å². The smallest absolute Gasteiger partial charge is 0.251 e. The van der Waals surface area contributed by atoms with Crippen LogP contribution in [0.1, 0.15) is 17.3 Å². The number of nitrogens with zero attached hydrogens (tertiary/aromatic N) is 1. The van der Waals surface area contributed by atoms with E-state index in [1.54, 1.807) is 24.3 Å². The summed E-state index contributed by atoms with van der Waals surface area (Å²) in [6.07, 6.45) is 0. The van der Waals surface area contributed by atoms with Crippen molar-refractivity contribution < 1.29 is 23.5 Å². The molecule has 6 nitrogen and oxygen atoms in total. The minimum absolute atomic E-state index is 0.140. The Balaban J connectivity index is 1.60. The summed E-state index contributed by atoms with van der Waals surface area (Å²) in [7, 11) is 0. The summed E-state index contributed by atoms with van der Waals surface area (Å²) in [6.45, 7) is 1.99. The van der Waals surface area contributed by atoms with E-state index in [1.165, 1.54) is 30.0 Å². The highest BCUT2D eigenvalue weighted by molar-refractivity contribution is 5.95. The number of fused-ring (bicyclic) bond motifs is 1. The van der Waals surface area contributed by atoms with E-state index in [1.807, 2.05) is 0 Å². The molecule has 1 aliphatic heterocycles. The van der Waals surface area contributed by atoms with Gasteiger partial charge >= 0.3 is 0 Å². The van der Waals surface area contributed by atoms with E-state index in [4.69, 9.17) is 9.47 Å². The largest absolute Gasteiger partial charge is 0.454 e. The fourth-order valence-electron chi connectivity index (χ4n) is 2.53. The summed E-state index contributed by atoms with van der Waals surface area (Å²) in [6, 6.07) is 10.7. The third-order valence-electron chi connectivity index (χ3n) is 3.76. The molecule has 130 valence electrons. The highest BCUT2D eigenvalue weighted by Crippen LogP contribution is 2.32. The van der Waals surface area contributed by atoms with Crippen LogP contribution in [0, 0.1) is 5.82 Å². The molecule has 3 rings (SSSR count). The first kappa shape index (κ1) is 16.8.